The molecule has 0 bridgehead atoms. The van der Waals surface area contributed by atoms with Crippen molar-refractivity contribution < 1.29 is 18.7 Å². The summed E-state index contributed by atoms with van der Waals surface area (Å²) in [5, 5.41) is 3.37. The number of rotatable bonds is 4. The van der Waals surface area contributed by atoms with Crippen molar-refractivity contribution in [1.29, 1.82) is 0 Å². The van der Waals surface area contributed by atoms with Crippen LogP contribution in [-0.4, -0.2) is 18.0 Å². The first kappa shape index (κ1) is 19.9. The number of nitrogens with one attached hydrogen (secondary N) is 1. The standard InChI is InChI=1S/C24H23NO5/c1-14-10-11-21-18(12-14)20(26)13-22(30-21)24(28)29-15(2)23(27)25-19-9-5-7-16-6-3-4-8-17(16)19/h3-4,6,8,10-13,15,19H,5,7,9H2,1-2H3,(H,25,27)/t15-,19-/m0/s1. The van der Waals surface area contributed by atoms with E-state index in [1.165, 1.54) is 12.5 Å². The summed E-state index contributed by atoms with van der Waals surface area (Å²) in [6, 6.07) is 14.2. The molecule has 0 unspecified atom stereocenters. The molecule has 30 heavy (non-hydrogen) atoms. The van der Waals surface area contributed by atoms with E-state index < -0.39 is 12.1 Å². The van der Waals surface area contributed by atoms with Crippen molar-refractivity contribution in [3.05, 3.63) is 81.2 Å². The van der Waals surface area contributed by atoms with Gasteiger partial charge in [0.1, 0.15) is 5.58 Å². The minimum atomic E-state index is -1.02. The number of carbonyl (C=O) groups is 2. The molecular weight excluding hydrogens is 382 g/mol. The van der Waals surface area contributed by atoms with Crippen LogP contribution in [0.4, 0.5) is 0 Å². The number of benzene rings is 2. The topological polar surface area (TPSA) is 85.6 Å². The van der Waals surface area contributed by atoms with Crippen LogP contribution < -0.4 is 10.7 Å². The van der Waals surface area contributed by atoms with E-state index in [2.05, 4.69) is 11.4 Å². The lowest BCUT2D eigenvalue weighted by molar-refractivity contribution is -0.130. The van der Waals surface area contributed by atoms with Gasteiger partial charge in [0, 0.05) is 6.07 Å². The Balaban J connectivity index is 1.46. The third-order valence-electron chi connectivity index (χ3n) is 5.42. The molecule has 0 radical (unpaired) electrons. The maximum Gasteiger partial charge on any atom is 0.375 e. The third-order valence-corrected chi connectivity index (χ3v) is 5.42. The average Bonchev–Trinajstić information content (AvgIpc) is 2.74. The Morgan fingerprint density at radius 3 is 2.80 bits per heavy atom. The largest absolute Gasteiger partial charge is 0.449 e. The molecule has 0 fully saturated rings. The van der Waals surface area contributed by atoms with Crippen LogP contribution in [0.2, 0.25) is 0 Å². The number of carbonyl (C=O) groups excluding carboxylic acids is 2. The highest BCUT2D eigenvalue weighted by Gasteiger charge is 2.26. The number of amides is 1. The highest BCUT2D eigenvalue weighted by molar-refractivity contribution is 5.91. The first-order valence-corrected chi connectivity index (χ1v) is 10.1. The van der Waals surface area contributed by atoms with E-state index in [-0.39, 0.29) is 23.1 Å². The lowest BCUT2D eigenvalue weighted by Crippen LogP contribution is -2.39. The Labute approximate surface area is 173 Å². The van der Waals surface area contributed by atoms with Crippen LogP contribution in [0.5, 0.6) is 0 Å². The van der Waals surface area contributed by atoms with Gasteiger partial charge in [-0.05, 0) is 56.4 Å². The maximum atomic E-state index is 12.6. The van der Waals surface area contributed by atoms with Crippen molar-refractivity contribution >= 4 is 22.8 Å². The Morgan fingerprint density at radius 2 is 1.97 bits per heavy atom. The van der Waals surface area contributed by atoms with Crippen LogP contribution in [0.1, 0.15) is 53.1 Å². The molecule has 2 atom stereocenters. The minimum absolute atomic E-state index is 0.106. The van der Waals surface area contributed by atoms with E-state index in [0.29, 0.717) is 11.0 Å². The highest BCUT2D eigenvalue weighted by atomic mass is 16.6. The van der Waals surface area contributed by atoms with Crippen LogP contribution in [0.25, 0.3) is 11.0 Å². The Hall–Kier alpha value is -3.41. The predicted molar refractivity (Wildman–Crippen MR) is 112 cm³/mol. The summed E-state index contributed by atoms with van der Waals surface area (Å²) in [7, 11) is 0. The fourth-order valence-electron chi connectivity index (χ4n) is 3.84. The van der Waals surface area contributed by atoms with Crippen molar-refractivity contribution in [3.63, 3.8) is 0 Å². The van der Waals surface area contributed by atoms with Gasteiger partial charge in [-0.25, -0.2) is 4.79 Å². The predicted octanol–water partition coefficient (Wildman–Crippen LogP) is 3.84. The molecule has 1 heterocycles. The maximum absolute atomic E-state index is 12.6. The van der Waals surface area contributed by atoms with Gasteiger partial charge in [0.05, 0.1) is 11.4 Å². The van der Waals surface area contributed by atoms with Gasteiger partial charge in [0.2, 0.25) is 5.76 Å². The molecule has 4 rings (SSSR count). The smallest absolute Gasteiger partial charge is 0.375 e. The zero-order valence-electron chi connectivity index (χ0n) is 16.9. The molecule has 1 aromatic heterocycles. The molecule has 0 saturated carbocycles. The lowest BCUT2D eigenvalue weighted by atomic mass is 9.87. The second-order valence-electron chi connectivity index (χ2n) is 7.67. The van der Waals surface area contributed by atoms with Gasteiger partial charge < -0.3 is 14.5 Å². The normalized spacial score (nSPS) is 16.5. The van der Waals surface area contributed by atoms with E-state index in [0.717, 1.165) is 36.5 Å². The molecule has 1 amide bonds. The van der Waals surface area contributed by atoms with Crippen LogP contribution in [0, 0.1) is 6.92 Å². The van der Waals surface area contributed by atoms with Gasteiger partial charge in [0.25, 0.3) is 5.91 Å². The fourth-order valence-corrected chi connectivity index (χ4v) is 3.84. The van der Waals surface area contributed by atoms with Crippen molar-refractivity contribution in [2.24, 2.45) is 0 Å². The molecule has 6 nitrogen and oxygen atoms in total. The summed E-state index contributed by atoms with van der Waals surface area (Å²) in [4.78, 5) is 37.4. The molecule has 1 N–H and O–H groups in total. The second kappa shape index (κ2) is 8.14. The molecule has 0 aliphatic heterocycles. The number of aryl methyl sites for hydroxylation is 2. The van der Waals surface area contributed by atoms with Gasteiger partial charge in [-0.2, -0.15) is 0 Å². The average molecular weight is 405 g/mol. The summed E-state index contributed by atoms with van der Waals surface area (Å²) >= 11 is 0. The van der Waals surface area contributed by atoms with E-state index in [1.54, 1.807) is 18.2 Å². The number of hydrogen-bond donors (Lipinski definition) is 1. The van der Waals surface area contributed by atoms with Crippen LogP contribution in [0.3, 0.4) is 0 Å². The molecule has 1 aliphatic rings. The van der Waals surface area contributed by atoms with E-state index in [4.69, 9.17) is 9.15 Å². The zero-order chi connectivity index (χ0) is 21.3. The van der Waals surface area contributed by atoms with Crippen LogP contribution in [0.15, 0.2) is 57.7 Å². The van der Waals surface area contributed by atoms with Crippen molar-refractivity contribution in [1.82, 2.24) is 5.32 Å². The lowest BCUT2D eigenvalue weighted by Gasteiger charge is -2.27. The quantitative estimate of drug-likeness (QED) is 0.667. The van der Waals surface area contributed by atoms with E-state index in [1.807, 2.05) is 25.1 Å². The molecule has 2 aromatic carbocycles. The fraction of sp³-hybridized carbons (Fsp3) is 0.292. The van der Waals surface area contributed by atoms with Crippen LogP contribution >= 0.6 is 0 Å². The third kappa shape index (κ3) is 3.99. The first-order valence-electron chi connectivity index (χ1n) is 10.1. The monoisotopic (exact) mass is 405 g/mol. The number of esters is 1. The minimum Gasteiger partial charge on any atom is -0.449 e. The summed E-state index contributed by atoms with van der Waals surface area (Å²) < 4.78 is 10.8. The molecule has 3 aromatic rings. The molecule has 0 spiro atoms. The van der Waals surface area contributed by atoms with Crippen LogP contribution in [-0.2, 0) is 16.0 Å². The van der Waals surface area contributed by atoms with Crippen molar-refractivity contribution in [2.45, 2.75) is 45.3 Å². The summed E-state index contributed by atoms with van der Waals surface area (Å²) in [6.07, 6.45) is 1.79. The number of fused-ring (bicyclic) bond motifs is 2. The van der Waals surface area contributed by atoms with Gasteiger partial charge in [-0.3, -0.25) is 9.59 Å². The zero-order valence-corrected chi connectivity index (χ0v) is 16.9. The Kier molecular flexibility index (Phi) is 5.40. The molecule has 154 valence electrons. The van der Waals surface area contributed by atoms with E-state index >= 15 is 0 Å². The number of ether oxygens (including phenoxy) is 1. The van der Waals surface area contributed by atoms with Crippen molar-refractivity contribution in [2.75, 3.05) is 0 Å². The van der Waals surface area contributed by atoms with Gasteiger partial charge in [-0.1, -0.05) is 35.9 Å². The highest BCUT2D eigenvalue weighted by Crippen LogP contribution is 2.29. The summed E-state index contributed by atoms with van der Waals surface area (Å²) in [5.74, 6) is -1.45. The molecule has 6 heteroatoms. The SMILES string of the molecule is Cc1ccc2oc(C(=O)O[C@@H](C)C(=O)N[C@H]3CCCc4ccccc43)cc(=O)c2c1. The molecular formula is C24H23NO5. The summed E-state index contributed by atoms with van der Waals surface area (Å²) in [6.45, 7) is 3.37. The Morgan fingerprint density at radius 1 is 1.17 bits per heavy atom. The van der Waals surface area contributed by atoms with Crippen molar-refractivity contribution in [3.8, 4) is 0 Å². The van der Waals surface area contributed by atoms with Gasteiger partial charge in [-0.15, -0.1) is 0 Å². The van der Waals surface area contributed by atoms with E-state index in [9.17, 15) is 14.4 Å². The first-order chi connectivity index (χ1) is 14.4. The number of hydrogen-bond acceptors (Lipinski definition) is 5. The second-order valence-corrected chi connectivity index (χ2v) is 7.67. The Bertz CT molecular complexity index is 1180. The molecule has 1 aliphatic carbocycles. The summed E-state index contributed by atoms with van der Waals surface area (Å²) in [5.41, 5.74) is 3.22. The molecule has 0 saturated heterocycles. The van der Waals surface area contributed by atoms with Gasteiger partial charge >= 0.3 is 5.97 Å². The van der Waals surface area contributed by atoms with Gasteiger partial charge in [0.15, 0.2) is 11.5 Å².